The largest absolute Gasteiger partial charge is 0.469 e. The monoisotopic (exact) mass is 466 g/mol. The van der Waals surface area contributed by atoms with Gasteiger partial charge < -0.3 is 30.4 Å². The normalized spacial score (nSPS) is 37.1. The highest BCUT2D eigenvalue weighted by atomic mass is 31.2. The van der Waals surface area contributed by atoms with Crippen molar-refractivity contribution in [3.63, 3.8) is 0 Å². The Kier molecular flexibility index (Phi) is 7.41. The Balaban J connectivity index is 1.77. The van der Waals surface area contributed by atoms with Crippen LogP contribution in [0.15, 0.2) is 0 Å². The van der Waals surface area contributed by atoms with Gasteiger partial charge in [-0.05, 0) is 24.7 Å². The maximum absolute atomic E-state index is 12.4. The lowest BCUT2D eigenvalue weighted by Crippen LogP contribution is -2.79. The molecule has 6 unspecified atom stereocenters. The second-order valence-electron chi connectivity index (χ2n) is 8.76. The molecule has 14 heteroatoms. The highest BCUT2D eigenvalue weighted by Crippen LogP contribution is 2.37. The van der Waals surface area contributed by atoms with Crippen LogP contribution < -0.4 is 16.0 Å². The van der Waals surface area contributed by atoms with Gasteiger partial charge in [-0.25, -0.2) is 9.36 Å². The molecule has 13 nitrogen and oxygen atoms in total. The van der Waals surface area contributed by atoms with E-state index in [2.05, 4.69) is 34.3 Å². The van der Waals surface area contributed by atoms with Gasteiger partial charge in [-0.2, -0.15) is 0 Å². The van der Waals surface area contributed by atoms with Crippen LogP contribution in [0.25, 0.3) is 0 Å². The Hall–Kier alpha value is -1.15. The summed E-state index contributed by atoms with van der Waals surface area (Å²) in [7, 11) is -4.85. The fourth-order valence-electron chi connectivity index (χ4n) is 4.68. The van der Waals surface area contributed by atoms with Crippen LogP contribution in [0.5, 0.6) is 0 Å². The number of rotatable bonds is 7. The minimum atomic E-state index is -4.85. The quantitative estimate of drug-likeness (QED) is 0.183. The van der Waals surface area contributed by atoms with Gasteiger partial charge in [-0.1, -0.05) is 13.8 Å². The number of aliphatic hydroxyl groups excluding tert-OH is 3. The minimum absolute atomic E-state index is 0.0829. The van der Waals surface area contributed by atoms with E-state index in [4.69, 9.17) is 9.79 Å². The number of piperazine rings is 1. The molecule has 8 N–H and O–H groups in total. The number of β-amino-alcohol motifs (C(OH)–C–C–N with tert-alkyl or cyclic N) is 1. The molecule has 2 saturated heterocycles. The molecule has 0 aromatic carbocycles. The van der Waals surface area contributed by atoms with Crippen LogP contribution in [0.1, 0.15) is 26.7 Å². The summed E-state index contributed by atoms with van der Waals surface area (Å²) in [5.74, 6) is 0.253. The Morgan fingerprint density at radius 2 is 1.77 bits per heavy atom. The predicted octanol–water partition coefficient (Wildman–Crippen LogP) is -2.58. The van der Waals surface area contributed by atoms with Crippen molar-refractivity contribution >= 4 is 19.8 Å². The van der Waals surface area contributed by atoms with Crippen molar-refractivity contribution in [3.05, 3.63) is 0 Å². The highest BCUT2D eigenvalue weighted by Gasteiger charge is 2.51. The van der Waals surface area contributed by atoms with Gasteiger partial charge in [-0.3, -0.25) is 24.9 Å². The van der Waals surface area contributed by atoms with Crippen LogP contribution in [0, 0.1) is 11.8 Å². The summed E-state index contributed by atoms with van der Waals surface area (Å²) in [5.41, 5.74) is 0. The number of phosphoric ester groups is 1. The summed E-state index contributed by atoms with van der Waals surface area (Å²) in [6.07, 6.45) is -4.33. The first-order valence-electron chi connectivity index (χ1n) is 10.2. The average molecular weight is 466 g/mol. The van der Waals surface area contributed by atoms with E-state index in [0.29, 0.717) is 11.8 Å². The van der Waals surface area contributed by atoms with E-state index < -0.39 is 56.9 Å². The highest BCUT2D eigenvalue weighted by molar-refractivity contribution is 7.46. The molecule has 3 rings (SSSR count). The molecule has 1 aliphatic carbocycles. The second-order valence-corrected chi connectivity index (χ2v) is 10.00. The maximum Gasteiger partial charge on any atom is 0.469 e. The van der Waals surface area contributed by atoms with Gasteiger partial charge in [0, 0.05) is 18.6 Å². The van der Waals surface area contributed by atoms with Crippen LogP contribution in [-0.4, -0.2) is 97.7 Å². The van der Waals surface area contributed by atoms with E-state index >= 15 is 0 Å². The first kappa shape index (κ1) is 24.5. The molecule has 2 heterocycles. The van der Waals surface area contributed by atoms with Crippen molar-refractivity contribution in [2.75, 3.05) is 13.2 Å². The minimum Gasteiger partial charge on any atom is -0.389 e. The third kappa shape index (κ3) is 5.62. The third-order valence-electron chi connectivity index (χ3n) is 6.57. The van der Waals surface area contributed by atoms with Crippen LogP contribution in [0.3, 0.4) is 0 Å². The Morgan fingerprint density at radius 1 is 1.13 bits per heavy atom. The molecular weight excluding hydrogens is 435 g/mol. The van der Waals surface area contributed by atoms with Crippen LogP contribution in [0.2, 0.25) is 0 Å². The molecule has 0 radical (unpaired) electrons. The SMILES string of the molecule is CC1CC2NC3C(=O)NC(=O)NC3N(C[C@@H](O)[C@@H](O)[C@@H](O)COP(=O)(O)O)C2CC1C. The van der Waals surface area contributed by atoms with Gasteiger partial charge in [0.15, 0.2) is 0 Å². The van der Waals surface area contributed by atoms with Crippen molar-refractivity contribution in [2.24, 2.45) is 11.8 Å². The first-order valence-corrected chi connectivity index (χ1v) is 11.8. The molecule has 3 aliphatic rings. The van der Waals surface area contributed by atoms with Gasteiger partial charge in [0.05, 0.1) is 12.7 Å². The molecule has 9 atom stereocenters. The number of nitrogens with zero attached hydrogens (tertiary/aromatic N) is 1. The maximum atomic E-state index is 12.4. The molecule has 1 saturated carbocycles. The van der Waals surface area contributed by atoms with Crippen LogP contribution in [-0.2, 0) is 13.9 Å². The van der Waals surface area contributed by atoms with Crippen molar-refractivity contribution in [1.82, 2.24) is 20.9 Å². The molecule has 178 valence electrons. The zero-order valence-electron chi connectivity index (χ0n) is 17.3. The number of aliphatic hydroxyl groups is 3. The third-order valence-corrected chi connectivity index (χ3v) is 7.05. The number of carbonyl (C=O) groups is 2. The molecule has 2 aliphatic heterocycles. The van der Waals surface area contributed by atoms with Gasteiger partial charge in [0.25, 0.3) is 0 Å². The number of nitrogens with one attached hydrogen (secondary N) is 3. The van der Waals surface area contributed by atoms with E-state index in [9.17, 15) is 29.5 Å². The van der Waals surface area contributed by atoms with Crippen molar-refractivity contribution < 1.29 is 43.8 Å². The second kappa shape index (κ2) is 9.38. The number of phosphoric acid groups is 1. The average Bonchev–Trinajstić information content (AvgIpc) is 2.67. The number of imide groups is 1. The van der Waals surface area contributed by atoms with E-state index in [1.807, 2.05) is 0 Å². The number of urea groups is 1. The molecule has 3 fully saturated rings. The number of amides is 3. The van der Waals surface area contributed by atoms with Crippen molar-refractivity contribution in [3.8, 4) is 0 Å². The zero-order valence-corrected chi connectivity index (χ0v) is 18.2. The molecule has 0 aromatic rings. The first-order chi connectivity index (χ1) is 14.4. The predicted molar refractivity (Wildman–Crippen MR) is 105 cm³/mol. The van der Waals surface area contributed by atoms with E-state index in [-0.39, 0.29) is 18.6 Å². The standard InChI is InChI=1S/C17H31N4O9P/c1-7-3-9-10(4-8(7)2)21(15-13(18-9)16(25)20-17(26)19-15)5-11(22)14(24)12(23)6-30-31(27,28)29/h7-15,18,22-24H,3-6H2,1-2H3,(H2,27,28,29)(H2,19,20,25,26)/t7?,8?,9?,10?,11-,12+,13?,14-,15?/m1/s1. The number of hydrogen-bond donors (Lipinski definition) is 8. The van der Waals surface area contributed by atoms with Crippen LogP contribution >= 0.6 is 7.82 Å². The Bertz CT molecular complexity index is 736. The summed E-state index contributed by atoms with van der Waals surface area (Å²) >= 11 is 0. The number of carbonyl (C=O) groups excluding carboxylic acids is 2. The Labute approximate surface area is 179 Å². The van der Waals surface area contributed by atoms with Gasteiger partial charge in [0.1, 0.15) is 24.4 Å². The summed E-state index contributed by atoms with van der Waals surface area (Å²) in [4.78, 5) is 43.6. The molecule has 0 spiro atoms. The molecule has 0 aromatic heterocycles. The number of hydrogen-bond acceptors (Lipinski definition) is 9. The lowest BCUT2D eigenvalue weighted by molar-refractivity contribution is -0.135. The van der Waals surface area contributed by atoms with E-state index in [1.54, 1.807) is 4.90 Å². The van der Waals surface area contributed by atoms with E-state index in [1.165, 1.54) is 0 Å². The molecule has 31 heavy (non-hydrogen) atoms. The smallest absolute Gasteiger partial charge is 0.389 e. The van der Waals surface area contributed by atoms with Crippen molar-refractivity contribution in [1.29, 1.82) is 0 Å². The molecular formula is C17H31N4O9P. The van der Waals surface area contributed by atoms with Crippen molar-refractivity contribution in [2.45, 2.75) is 69.3 Å². The summed E-state index contributed by atoms with van der Waals surface area (Å²) in [6.45, 7) is 3.16. The van der Waals surface area contributed by atoms with Gasteiger partial charge in [0.2, 0.25) is 5.91 Å². The summed E-state index contributed by atoms with van der Waals surface area (Å²) in [5, 5.41) is 39.0. The van der Waals surface area contributed by atoms with Gasteiger partial charge >= 0.3 is 13.9 Å². The molecule has 3 amide bonds. The van der Waals surface area contributed by atoms with Crippen LogP contribution in [0.4, 0.5) is 4.79 Å². The summed E-state index contributed by atoms with van der Waals surface area (Å²) in [6, 6.07) is -1.66. The zero-order chi connectivity index (χ0) is 23.1. The molecule has 0 bridgehead atoms. The van der Waals surface area contributed by atoms with Gasteiger partial charge in [-0.15, -0.1) is 0 Å². The number of fused-ring (bicyclic) bond motifs is 2. The lowest BCUT2D eigenvalue weighted by atomic mass is 9.73. The fourth-order valence-corrected chi connectivity index (χ4v) is 5.03. The lowest BCUT2D eigenvalue weighted by Gasteiger charge is -2.55. The van der Waals surface area contributed by atoms with E-state index in [0.717, 1.165) is 12.8 Å². The Morgan fingerprint density at radius 3 is 2.42 bits per heavy atom. The topological polar surface area (TPSA) is 201 Å². The fraction of sp³-hybridized carbons (Fsp3) is 0.882. The summed E-state index contributed by atoms with van der Waals surface area (Å²) < 4.78 is 15.0.